The Morgan fingerprint density at radius 2 is 2.04 bits per heavy atom. The number of carbonyl (C=O) groups excluding carboxylic acids is 2. The van der Waals surface area contributed by atoms with Gasteiger partial charge in [-0.1, -0.05) is 25.1 Å². The molecule has 2 aromatic rings. The van der Waals surface area contributed by atoms with Crippen LogP contribution in [0.2, 0.25) is 0 Å². The van der Waals surface area contributed by atoms with Crippen LogP contribution >= 0.6 is 11.3 Å². The molecule has 0 spiro atoms. The smallest absolute Gasteiger partial charge is 0.320 e. The molecule has 1 heterocycles. The van der Waals surface area contributed by atoms with Crippen molar-refractivity contribution in [3.63, 3.8) is 0 Å². The fourth-order valence-corrected chi connectivity index (χ4v) is 3.28. The van der Waals surface area contributed by atoms with Gasteiger partial charge >= 0.3 is 6.03 Å². The number of thiazole rings is 1. The molecule has 6 nitrogen and oxygen atoms in total. The molecule has 0 unspecified atom stereocenters. The molecule has 0 aliphatic rings. The summed E-state index contributed by atoms with van der Waals surface area (Å²) in [4.78, 5) is 28.1. The summed E-state index contributed by atoms with van der Waals surface area (Å²) in [6.45, 7) is 5.87. The summed E-state index contributed by atoms with van der Waals surface area (Å²) < 4.78 is 0. The maximum absolute atomic E-state index is 12.4. The second-order valence-corrected chi connectivity index (χ2v) is 6.72. The average Bonchev–Trinajstić information content (AvgIpc) is 2.96. The normalized spacial score (nSPS) is 13.1. The van der Waals surface area contributed by atoms with Crippen molar-refractivity contribution in [1.29, 1.82) is 0 Å². The minimum Gasteiger partial charge on any atom is -0.369 e. The van der Waals surface area contributed by atoms with Crippen molar-refractivity contribution in [3.8, 4) is 0 Å². The second-order valence-electron chi connectivity index (χ2n) is 5.86. The Hall–Kier alpha value is -2.41. The van der Waals surface area contributed by atoms with E-state index in [1.807, 2.05) is 26.2 Å². The van der Waals surface area contributed by atoms with Crippen LogP contribution in [-0.2, 0) is 16.8 Å². The highest BCUT2D eigenvalue weighted by atomic mass is 32.1. The van der Waals surface area contributed by atoms with E-state index in [1.54, 1.807) is 24.3 Å². The molecule has 0 saturated carbocycles. The lowest BCUT2D eigenvalue weighted by Crippen LogP contribution is -2.45. The Balaban J connectivity index is 2.14. The van der Waals surface area contributed by atoms with Crippen molar-refractivity contribution >= 4 is 29.0 Å². The number of nitrogens with zero attached hydrogens (tertiary/aromatic N) is 1. The summed E-state index contributed by atoms with van der Waals surface area (Å²) in [5, 5.41) is 8.61. The number of nitrogens with two attached hydrogens (primary N) is 1. The molecular weight excluding hydrogens is 324 g/mol. The largest absolute Gasteiger partial charge is 0.369 e. The molecule has 24 heavy (non-hydrogen) atoms. The highest BCUT2D eigenvalue weighted by Crippen LogP contribution is 2.27. The average molecular weight is 346 g/mol. The Morgan fingerprint density at radius 1 is 1.33 bits per heavy atom. The van der Waals surface area contributed by atoms with E-state index in [0.717, 1.165) is 10.7 Å². The number of aromatic nitrogens is 1. The molecule has 0 bridgehead atoms. The summed E-state index contributed by atoms with van der Waals surface area (Å²) in [5.74, 6) is -0.443. The van der Waals surface area contributed by atoms with Crippen LogP contribution in [0.15, 0.2) is 29.6 Å². The molecule has 0 radical (unpaired) electrons. The van der Waals surface area contributed by atoms with Crippen LogP contribution in [0.1, 0.15) is 36.5 Å². The van der Waals surface area contributed by atoms with E-state index in [-0.39, 0.29) is 12.5 Å². The number of nitrogens with one attached hydrogen (secondary N) is 2. The van der Waals surface area contributed by atoms with E-state index < -0.39 is 11.4 Å². The van der Waals surface area contributed by atoms with Crippen molar-refractivity contribution in [2.45, 2.75) is 39.2 Å². The lowest BCUT2D eigenvalue weighted by molar-refractivity contribution is -0.117. The molecule has 0 aliphatic carbocycles. The maximum Gasteiger partial charge on any atom is 0.320 e. The Kier molecular flexibility index (Phi) is 5.56. The number of benzene rings is 1. The minimum absolute atomic E-state index is 0.0766. The zero-order chi connectivity index (χ0) is 17.7. The fraction of sp³-hybridized carbons (Fsp3) is 0.353. The van der Waals surface area contributed by atoms with Crippen molar-refractivity contribution in [1.82, 2.24) is 10.3 Å². The molecule has 4 N–H and O–H groups in total. The molecule has 7 heteroatoms. The van der Waals surface area contributed by atoms with Gasteiger partial charge in [0.2, 0.25) is 5.91 Å². The molecule has 1 aromatic carbocycles. The summed E-state index contributed by atoms with van der Waals surface area (Å²) in [6, 6.07) is 6.77. The van der Waals surface area contributed by atoms with Gasteiger partial charge in [-0.05, 0) is 31.9 Å². The van der Waals surface area contributed by atoms with E-state index in [4.69, 9.17) is 5.73 Å². The number of urea groups is 1. The van der Waals surface area contributed by atoms with Gasteiger partial charge in [0.15, 0.2) is 0 Å². The van der Waals surface area contributed by atoms with Gasteiger partial charge in [0.25, 0.3) is 0 Å². The van der Waals surface area contributed by atoms with Crippen LogP contribution in [0.5, 0.6) is 0 Å². The summed E-state index contributed by atoms with van der Waals surface area (Å²) in [6.07, 6.45) is 0.781. The zero-order valence-electron chi connectivity index (χ0n) is 14.1. The SMILES string of the molecule is CC[C@@](C)(NC(=O)Nc1ccccc1CC(N)=O)c1nc(C)cs1. The highest BCUT2D eigenvalue weighted by molar-refractivity contribution is 7.09. The topological polar surface area (TPSA) is 97.1 Å². The summed E-state index contributed by atoms with van der Waals surface area (Å²) >= 11 is 1.53. The number of carbonyl (C=O) groups is 2. The number of anilines is 1. The van der Waals surface area contributed by atoms with Gasteiger partial charge in [0.05, 0.1) is 12.0 Å². The molecule has 0 fully saturated rings. The standard InChI is InChI=1S/C17H22N4O2S/c1-4-17(3,15-19-11(2)10-24-15)21-16(23)20-13-8-6-5-7-12(13)9-14(18)22/h5-8,10H,4,9H2,1-3H3,(H2,18,22)(H2,20,21,23)/t17-/m1/s1. The Labute approximate surface area is 145 Å². The van der Waals surface area contributed by atoms with Crippen LogP contribution in [0.4, 0.5) is 10.5 Å². The molecule has 3 amide bonds. The van der Waals surface area contributed by atoms with Crippen molar-refractivity contribution < 1.29 is 9.59 Å². The van der Waals surface area contributed by atoms with Gasteiger partial charge < -0.3 is 16.4 Å². The summed E-state index contributed by atoms with van der Waals surface area (Å²) in [7, 11) is 0. The number of para-hydroxylation sites is 1. The Bertz CT molecular complexity index is 744. The predicted octanol–water partition coefficient (Wildman–Crippen LogP) is 2.93. The van der Waals surface area contributed by atoms with Crippen LogP contribution in [-0.4, -0.2) is 16.9 Å². The number of primary amides is 1. The number of hydrogen-bond donors (Lipinski definition) is 3. The molecule has 1 aromatic heterocycles. The van der Waals surface area contributed by atoms with Crippen molar-refractivity contribution in [3.05, 3.63) is 45.9 Å². The monoisotopic (exact) mass is 346 g/mol. The van der Waals surface area contributed by atoms with Crippen LogP contribution in [0.3, 0.4) is 0 Å². The lowest BCUT2D eigenvalue weighted by atomic mass is 10.0. The maximum atomic E-state index is 12.4. The lowest BCUT2D eigenvalue weighted by Gasteiger charge is -2.27. The first-order chi connectivity index (χ1) is 11.3. The third-order valence-corrected chi connectivity index (χ3v) is 5.04. The number of hydrogen-bond acceptors (Lipinski definition) is 4. The van der Waals surface area contributed by atoms with Crippen molar-refractivity contribution in [2.75, 3.05) is 5.32 Å². The van der Waals surface area contributed by atoms with Gasteiger partial charge in [-0.15, -0.1) is 11.3 Å². The van der Waals surface area contributed by atoms with Gasteiger partial charge in [-0.2, -0.15) is 0 Å². The minimum atomic E-state index is -0.554. The van der Waals surface area contributed by atoms with E-state index in [1.165, 1.54) is 11.3 Å². The van der Waals surface area contributed by atoms with Gasteiger partial charge in [-0.25, -0.2) is 9.78 Å². The fourth-order valence-electron chi connectivity index (χ4n) is 2.29. The number of amides is 3. The van der Waals surface area contributed by atoms with Gasteiger partial charge in [0.1, 0.15) is 5.01 Å². The van der Waals surface area contributed by atoms with Crippen LogP contribution in [0, 0.1) is 6.92 Å². The van der Waals surface area contributed by atoms with Gasteiger partial charge in [0, 0.05) is 16.8 Å². The Morgan fingerprint density at radius 3 is 2.62 bits per heavy atom. The third kappa shape index (κ3) is 4.32. The molecule has 1 atom stereocenters. The summed E-state index contributed by atoms with van der Waals surface area (Å²) in [5.41, 5.74) is 6.89. The molecule has 0 aliphatic heterocycles. The second kappa shape index (κ2) is 7.44. The first-order valence-electron chi connectivity index (χ1n) is 7.72. The number of aryl methyl sites for hydroxylation is 1. The molecule has 0 saturated heterocycles. The van der Waals surface area contributed by atoms with E-state index in [9.17, 15) is 9.59 Å². The predicted molar refractivity (Wildman–Crippen MR) is 96.0 cm³/mol. The first kappa shape index (κ1) is 17.9. The van der Waals surface area contributed by atoms with E-state index >= 15 is 0 Å². The first-order valence-corrected chi connectivity index (χ1v) is 8.60. The molecule has 2 rings (SSSR count). The number of rotatable bonds is 6. The van der Waals surface area contributed by atoms with E-state index in [0.29, 0.717) is 17.7 Å². The van der Waals surface area contributed by atoms with Crippen LogP contribution < -0.4 is 16.4 Å². The van der Waals surface area contributed by atoms with E-state index in [2.05, 4.69) is 15.6 Å². The van der Waals surface area contributed by atoms with Gasteiger partial charge in [-0.3, -0.25) is 4.79 Å². The quantitative estimate of drug-likeness (QED) is 0.750. The zero-order valence-corrected chi connectivity index (χ0v) is 14.9. The highest BCUT2D eigenvalue weighted by Gasteiger charge is 2.30. The van der Waals surface area contributed by atoms with Crippen LogP contribution in [0.25, 0.3) is 0 Å². The third-order valence-electron chi connectivity index (χ3n) is 3.82. The van der Waals surface area contributed by atoms with Crippen molar-refractivity contribution in [2.24, 2.45) is 5.73 Å². The molecule has 128 valence electrons. The molecular formula is C17H22N4O2S.